The van der Waals surface area contributed by atoms with Crippen molar-refractivity contribution in [2.45, 2.75) is 51.7 Å². The van der Waals surface area contributed by atoms with Gasteiger partial charge in [-0.1, -0.05) is 60.1 Å². The van der Waals surface area contributed by atoms with E-state index in [0.29, 0.717) is 25.8 Å². The third-order valence-corrected chi connectivity index (χ3v) is 10.2. The van der Waals surface area contributed by atoms with Gasteiger partial charge < -0.3 is 19.1 Å². The van der Waals surface area contributed by atoms with Crippen LogP contribution in [0, 0.1) is 10.8 Å². The molecule has 2 bridgehead atoms. The second-order valence-corrected chi connectivity index (χ2v) is 13.0. The highest BCUT2D eigenvalue weighted by molar-refractivity contribution is 9.10. The molecule has 1 saturated heterocycles. The van der Waals surface area contributed by atoms with Crippen molar-refractivity contribution in [1.82, 2.24) is 4.90 Å². The number of benzene rings is 3. The van der Waals surface area contributed by atoms with Gasteiger partial charge in [-0.15, -0.1) is 0 Å². The maximum atomic E-state index is 13.5. The summed E-state index contributed by atoms with van der Waals surface area (Å²) < 4.78 is 18.0. The van der Waals surface area contributed by atoms with E-state index in [2.05, 4.69) is 39.0 Å². The van der Waals surface area contributed by atoms with E-state index in [1.165, 1.54) is 0 Å². The Balaban J connectivity index is 1.28. The van der Waals surface area contributed by atoms with Gasteiger partial charge in [0.25, 0.3) is 0 Å². The van der Waals surface area contributed by atoms with Crippen LogP contribution in [0.4, 0.5) is 5.69 Å². The lowest BCUT2D eigenvalue weighted by atomic mass is 9.66. The fourth-order valence-electron chi connectivity index (χ4n) is 6.73. The average molecular weight is 632 g/mol. The number of carbonyl (C=O) groups excluding carboxylic acids is 2. The van der Waals surface area contributed by atoms with Crippen molar-refractivity contribution < 1.29 is 23.8 Å². The number of ether oxygens (including phenoxy) is 3. The van der Waals surface area contributed by atoms with E-state index in [-0.39, 0.29) is 18.6 Å². The summed E-state index contributed by atoms with van der Waals surface area (Å²) in [4.78, 5) is 33.5. The van der Waals surface area contributed by atoms with Gasteiger partial charge in [-0.3, -0.25) is 4.79 Å². The van der Waals surface area contributed by atoms with E-state index in [1.54, 1.807) is 7.11 Å². The van der Waals surface area contributed by atoms with Crippen molar-refractivity contribution >= 4 is 39.4 Å². The Morgan fingerprint density at radius 2 is 1.79 bits per heavy atom. The largest absolute Gasteiger partial charge is 0.497 e. The molecule has 1 unspecified atom stereocenters. The van der Waals surface area contributed by atoms with Crippen LogP contribution in [0.1, 0.15) is 62.8 Å². The van der Waals surface area contributed by atoms with E-state index in [1.807, 2.05) is 75.4 Å². The first kappa shape index (κ1) is 28.5. The predicted molar refractivity (Wildman–Crippen MR) is 164 cm³/mol. The number of hydrogen-bond acceptors (Lipinski definition) is 7. The maximum Gasteiger partial charge on any atom is 0.351 e. The minimum absolute atomic E-state index is 0.104. The Kier molecular flexibility index (Phi) is 7.16. The van der Waals surface area contributed by atoms with Gasteiger partial charge in [0, 0.05) is 27.6 Å². The van der Waals surface area contributed by atoms with Crippen LogP contribution < -0.4 is 4.74 Å². The van der Waals surface area contributed by atoms with Crippen LogP contribution in [-0.2, 0) is 19.1 Å². The maximum absolute atomic E-state index is 13.5. The second kappa shape index (κ2) is 10.6. The number of aliphatic imine (C=N–C) groups is 1. The molecule has 0 aromatic heterocycles. The number of esters is 2. The molecular formula is C34H35BrN2O5. The van der Waals surface area contributed by atoms with E-state index in [0.717, 1.165) is 38.4 Å². The fraction of sp³-hybridized carbons (Fsp3) is 0.382. The average Bonchev–Trinajstić information content (AvgIpc) is 3.29. The number of halogens is 1. The highest BCUT2D eigenvalue weighted by atomic mass is 79.9. The molecule has 0 spiro atoms. The molecule has 0 amide bonds. The summed E-state index contributed by atoms with van der Waals surface area (Å²) in [6.45, 7) is 6.56. The molecule has 2 heterocycles. The molecule has 1 aliphatic carbocycles. The lowest BCUT2D eigenvalue weighted by molar-refractivity contribution is -0.183. The number of nitrogens with zero attached hydrogens (tertiary/aromatic N) is 2. The zero-order valence-electron chi connectivity index (χ0n) is 24.4. The highest BCUT2D eigenvalue weighted by Crippen LogP contribution is 2.65. The predicted octanol–water partition coefficient (Wildman–Crippen LogP) is 7.00. The van der Waals surface area contributed by atoms with Crippen molar-refractivity contribution in [2.24, 2.45) is 15.8 Å². The first-order chi connectivity index (χ1) is 20.1. The smallest absolute Gasteiger partial charge is 0.351 e. The number of fused-ring (bicyclic) bond motifs is 3. The Hall–Kier alpha value is -3.65. The van der Waals surface area contributed by atoms with Crippen LogP contribution in [0.25, 0.3) is 0 Å². The number of carbonyl (C=O) groups is 2. The van der Waals surface area contributed by atoms with Crippen molar-refractivity contribution in [1.29, 1.82) is 0 Å². The summed E-state index contributed by atoms with van der Waals surface area (Å²) in [5, 5.41) is 0. The van der Waals surface area contributed by atoms with E-state index >= 15 is 0 Å². The van der Waals surface area contributed by atoms with Crippen LogP contribution >= 0.6 is 15.9 Å². The summed E-state index contributed by atoms with van der Waals surface area (Å²) >= 11 is 3.66. The summed E-state index contributed by atoms with van der Waals surface area (Å²) in [6, 6.07) is 24.3. The number of hydrogen-bond donors (Lipinski definition) is 0. The quantitative estimate of drug-likeness (QED) is 0.197. The zero-order chi connectivity index (χ0) is 29.7. The lowest BCUT2D eigenvalue weighted by Crippen LogP contribution is -2.49. The monoisotopic (exact) mass is 630 g/mol. The lowest BCUT2D eigenvalue weighted by Gasteiger charge is -2.39. The van der Waals surface area contributed by atoms with E-state index in [4.69, 9.17) is 19.2 Å². The molecule has 3 aliphatic rings. The zero-order valence-corrected chi connectivity index (χ0v) is 25.9. The summed E-state index contributed by atoms with van der Waals surface area (Å²) in [6.07, 6.45) is 1.68. The Labute approximate surface area is 255 Å². The molecule has 3 atom stereocenters. The molecule has 8 heteroatoms. The van der Waals surface area contributed by atoms with Crippen molar-refractivity contribution in [3.8, 4) is 5.75 Å². The SMILES string of the molecule is COc1ccc(C2=Nc3ccc(Br)cc3C(c3ccccc3)N2CCCOC(=O)[C@]23CC[C@@](C)(C(=O)O2)C3(C)C)cc1. The number of methoxy groups -OCH3 is 1. The van der Waals surface area contributed by atoms with Gasteiger partial charge >= 0.3 is 11.9 Å². The Morgan fingerprint density at radius 1 is 1.05 bits per heavy atom. The van der Waals surface area contributed by atoms with Gasteiger partial charge in [0.1, 0.15) is 11.6 Å². The van der Waals surface area contributed by atoms with Crippen molar-refractivity contribution in [2.75, 3.05) is 20.3 Å². The van der Waals surface area contributed by atoms with Gasteiger partial charge in [0.05, 0.1) is 30.9 Å². The van der Waals surface area contributed by atoms with Gasteiger partial charge in [-0.05, 0) is 74.2 Å². The highest BCUT2D eigenvalue weighted by Gasteiger charge is 2.76. The van der Waals surface area contributed by atoms with Gasteiger partial charge in [-0.25, -0.2) is 9.79 Å². The number of rotatable bonds is 8. The molecule has 6 rings (SSSR count). The van der Waals surface area contributed by atoms with Gasteiger partial charge in [-0.2, -0.15) is 0 Å². The third kappa shape index (κ3) is 4.34. The van der Waals surface area contributed by atoms with Gasteiger partial charge in [0.2, 0.25) is 5.60 Å². The molecule has 0 radical (unpaired) electrons. The first-order valence-corrected chi connectivity index (χ1v) is 15.2. The van der Waals surface area contributed by atoms with E-state index < -0.39 is 22.4 Å². The van der Waals surface area contributed by atoms with Crippen LogP contribution in [0.2, 0.25) is 0 Å². The van der Waals surface area contributed by atoms with Crippen LogP contribution in [0.15, 0.2) is 82.3 Å². The molecule has 2 aliphatic heterocycles. The van der Waals surface area contributed by atoms with Crippen LogP contribution in [0.3, 0.4) is 0 Å². The molecule has 218 valence electrons. The molecular weight excluding hydrogens is 596 g/mol. The molecule has 2 fully saturated rings. The Morgan fingerprint density at radius 3 is 2.43 bits per heavy atom. The minimum atomic E-state index is -1.22. The summed E-state index contributed by atoms with van der Waals surface area (Å²) in [5.41, 5.74) is 1.57. The fourth-order valence-corrected chi connectivity index (χ4v) is 7.11. The molecule has 7 nitrogen and oxygen atoms in total. The molecule has 3 aromatic carbocycles. The Bertz CT molecular complexity index is 1550. The third-order valence-electron chi connectivity index (χ3n) is 9.75. The van der Waals surface area contributed by atoms with Crippen molar-refractivity contribution in [3.05, 3.63) is 94.0 Å². The molecule has 0 N–H and O–H groups in total. The summed E-state index contributed by atoms with van der Waals surface area (Å²) in [5.74, 6) is 0.859. The van der Waals surface area contributed by atoms with Crippen molar-refractivity contribution in [3.63, 3.8) is 0 Å². The van der Waals surface area contributed by atoms with E-state index in [9.17, 15) is 9.59 Å². The summed E-state index contributed by atoms with van der Waals surface area (Å²) in [7, 11) is 1.65. The van der Waals surface area contributed by atoms with Crippen LogP contribution in [-0.4, -0.2) is 48.5 Å². The number of amidine groups is 1. The van der Waals surface area contributed by atoms with Gasteiger partial charge in [0.15, 0.2) is 0 Å². The second-order valence-electron chi connectivity index (χ2n) is 12.0. The normalized spacial score (nSPS) is 25.5. The molecule has 42 heavy (non-hydrogen) atoms. The first-order valence-electron chi connectivity index (χ1n) is 14.4. The standard InChI is InChI=1S/C34H35BrN2O5/c1-32(2)33(3)17-18-34(32,42-30(33)38)31(39)41-20-8-19-37-28(22-9-6-5-7-10-22)26-21-24(35)13-16-27(26)36-29(37)23-11-14-25(40-4)15-12-23/h5-7,9-16,21,28H,8,17-20H2,1-4H3/t28?,33-,34-/m0/s1. The molecule has 3 aromatic rings. The minimum Gasteiger partial charge on any atom is -0.497 e. The molecule has 1 saturated carbocycles. The van der Waals surface area contributed by atoms with Crippen LogP contribution in [0.5, 0.6) is 5.75 Å². The topological polar surface area (TPSA) is 77.4 Å².